The summed E-state index contributed by atoms with van der Waals surface area (Å²) in [5.41, 5.74) is 0.977. The van der Waals surface area contributed by atoms with Crippen molar-refractivity contribution in [2.45, 2.75) is 58.6 Å². The summed E-state index contributed by atoms with van der Waals surface area (Å²) >= 11 is 0. The van der Waals surface area contributed by atoms with Crippen molar-refractivity contribution in [3.8, 4) is 0 Å². The maximum atomic E-state index is 10.6. The number of hydrogen-bond donors (Lipinski definition) is 1. The molecular weight excluding hydrogens is 290 g/mol. The van der Waals surface area contributed by atoms with Gasteiger partial charge in [0, 0.05) is 31.9 Å². The molecule has 0 radical (unpaired) electrons. The molecule has 0 bridgehead atoms. The number of amides is 1. The Morgan fingerprint density at radius 3 is 2.48 bits per heavy atom. The van der Waals surface area contributed by atoms with Gasteiger partial charge in [-0.15, -0.1) is 0 Å². The zero-order chi connectivity index (χ0) is 17.5. The minimum absolute atomic E-state index is 0.206. The molecule has 1 amide bonds. The first kappa shape index (κ1) is 19.4. The van der Waals surface area contributed by atoms with E-state index in [0.29, 0.717) is 12.6 Å². The summed E-state index contributed by atoms with van der Waals surface area (Å²) in [5.74, 6) is 0.769. The number of nitrogens with zero attached hydrogens (tertiary/aromatic N) is 2. The van der Waals surface area contributed by atoms with Gasteiger partial charge >= 0.3 is 0 Å². The van der Waals surface area contributed by atoms with Gasteiger partial charge in [0.15, 0.2) is 5.88 Å². The number of nitrogens with one attached hydrogen (secondary N) is 1. The van der Waals surface area contributed by atoms with Crippen LogP contribution in [0.2, 0.25) is 0 Å². The van der Waals surface area contributed by atoms with Crippen molar-refractivity contribution in [1.29, 1.82) is 0 Å². The van der Waals surface area contributed by atoms with Crippen molar-refractivity contribution in [1.82, 2.24) is 15.1 Å². The van der Waals surface area contributed by atoms with Gasteiger partial charge < -0.3 is 19.9 Å². The monoisotopic (exact) mass is 323 g/mol. The molecule has 5 heteroatoms. The maximum absolute atomic E-state index is 10.6. The number of rotatable bonds is 8. The second kappa shape index (κ2) is 8.85. The highest BCUT2D eigenvalue weighted by Crippen LogP contribution is 2.23. The molecule has 132 valence electrons. The third kappa shape index (κ3) is 6.55. The van der Waals surface area contributed by atoms with Crippen LogP contribution >= 0.6 is 0 Å². The summed E-state index contributed by atoms with van der Waals surface area (Å²) < 4.78 is 5.87. The molecule has 0 aromatic carbocycles. The first-order valence-corrected chi connectivity index (χ1v) is 8.50. The zero-order valence-electron chi connectivity index (χ0n) is 15.4. The van der Waals surface area contributed by atoms with Crippen molar-refractivity contribution in [3.63, 3.8) is 0 Å². The van der Waals surface area contributed by atoms with E-state index in [-0.39, 0.29) is 5.60 Å². The maximum Gasteiger partial charge on any atom is 0.207 e. The van der Waals surface area contributed by atoms with E-state index in [1.165, 1.54) is 5.70 Å². The Morgan fingerprint density at radius 1 is 1.39 bits per heavy atom. The summed E-state index contributed by atoms with van der Waals surface area (Å²) in [6.45, 7) is 14.8. The van der Waals surface area contributed by atoms with Crippen LogP contribution in [-0.4, -0.2) is 54.5 Å². The Bertz CT molecular complexity index is 418. The van der Waals surface area contributed by atoms with Gasteiger partial charge in [0.25, 0.3) is 0 Å². The lowest BCUT2D eigenvalue weighted by molar-refractivity contribution is -0.109. The topological polar surface area (TPSA) is 44.8 Å². The Labute approximate surface area is 141 Å². The van der Waals surface area contributed by atoms with E-state index < -0.39 is 0 Å². The van der Waals surface area contributed by atoms with Crippen LogP contribution in [0.1, 0.15) is 47.0 Å². The highest BCUT2D eigenvalue weighted by atomic mass is 16.5. The van der Waals surface area contributed by atoms with Crippen LogP contribution in [0.4, 0.5) is 0 Å². The van der Waals surface area contributed by atoms with Crippen molar-refractivity contribution in [3.05, 3.63) is 24.2 Å². The van der Waals surface area contributed by atoms with Gasteiger partial charge in [-0.2, -0.15) is 0 Å². The SMILES string of the molecule is C=C(OC(C)(C)C)N1CCC(N(C)/C(=C/CC)CNC=O)CC1. The molecule has 0 unspecified atom stereocenters. The van der Waals surface area contributed by atoms with E-state index >= 15 is 0 Å². The second-order valence-corrected chi connectivity index (χ2v) is 7.04. The standard InChI is InChI=1S/C18H33N3O2/c1-7-8-17(13-19-14-22)20(6)16-9-11-21(12-10-16)15(2)23-18(3,4)5/h8,14,16H,2,7,9-13H2,1,3-6H3,(H,19,22)/b17-8+. The fourth-order valence-electron chi connectivity index (χ4n) is 2.88. The van der Waals surface area contributed by atoms with E-state index in [4.69, 9.17) is 4.74 Å². The highest BCUT2D eigenvalue weighted by Gasteiger charge is 2.26. The summed E-state index contributed by atoms with van der Waals surface area (Å²) in [6, 6.07) is 0.486. The molecule has 0 atom stereocenters. The molecule has 0 aromatic rings. The summed E-state index contributed by atoms with van der Waals surface area (Å²) in [5, 5.41) is 2.77. The average molecular weight is 323 g/mol. The van der Waals surface area contributed by atoms with Gasteiger partial charge in [0.05, 0.1) is 6.54 Å². The molecule has 5 nitrogen and oxygen atoms in total. The Morgan fingerprint density at radius 2 is 2.00 bits per heavy atom. The lowest BCUT2D eigenvalue weighted by Gasteiger charge is -2.41. The third-order valence-electron chi connectivity index (χ3n) is 4.05. The third-order valence-corrected chi connectivity index (χ3v) is 4.05. The van der Waals surface area contributed by atoms with E-state index in [0.717, 1.165) is 44.6 Å². The molecule has 0 aliphatic carbocycles. The van der Waals surface area contributed by atoms with Crippen LogP contribution < -0.4 is 5.32 Å². The number of hydrogen-bond acceptors (Lipinski definition) is 4. The normalized spacial score (nSPS) is 16.9. The van der Waals surface area contributed by atoms with Crippen LogP contribution in [0.25, 0.3) is 0 Å². The van der Waals surface area contributed by atoms with Crippen molar-refractivity contribution >= 4 is 6.41 Å². The van der Waals surface area contributed by atoms with Gasteiger partial charge in [-0.25, -0.2) is 0 Å². The predicted octanol–water partition coefficient (Wildman–Crippen LogP) is 2.71. The van der Waals surface area contributed by atoms with E-state index in [1.807, 2.05) is 20.8 Å². The van der Waals surface area contributed by atoms with Gasteiger partial charge in [-0.1, -0.05) is 13.0 Å². The molecule has 0 saturated carbocycles. The van der Waals surface area contributed by atoms with Crippen LogP contribution in [0, 0.1) is 0 Å². The number of allylic oxidation sites excluding steroid dienone is 1. The Kier molecular flexibility index (Phi) is 7.46. The number of carbonyl (C=O) groups excluding carboxylic acids is 1. The molecule has 1 saturated heterocycles. The van der Waals surface area contributed by atoms with Gasteiger partial charge in [0.2, 0.25) is 6.41 Å². The molecule has 0 spiro atoms. The predicted molar refractivity (Wildman–Crippen MR) is 94.8 cm³/mol. The molecule has 23 heavy (non-hydrogen) atoms. The number of ether oxygens (including phenoxy) is 1. The van der Waals surface area contributed by atoms with Gasteiger partial charge in [-0.3, -0.25) is 4.79 Å². The molecular formula is C18H33N3O2. The minimum atomic E-state index is -0.206. The number of piperidine rings is 1. The lowest BCUT2D eigenvalue weighted by Crippen LogP contribution is -2.44. The number of likely N-dealkylation sites (tertiary alicyclic amines) is 1. The summed E-state index contributed by atoms with van der Waals surface area (Å²) in [6.07, 6.45) is 6.03. The highest BCUT2D eigenvalue weighted by molar-refractivity contribution is 5.46. The second-order valence-electron chi connectivity index (χ2n) is 7.04. The fraction of sp³-hybridized carbons (Fsp3) is 0.722. The molecule has 1 aliphatic heterocycles. The number of likely N-dealkylation sites (N-methyl/N-ethyl adjacent to an activating group) is 1. The van der Waals surface area contributed by atoms with E-state index in [2.05, 4.69) is 41.7 Å². The van der Waals surface area contributed by atoms with Crippen molar-refractivity contribution in [2.75, 3.05) is 26.7 Å². The molecule has 1 heterocycles. The van der Waals surface area contributed by atoms with Crippen LogP contribution in [0.3, 0.4) is 0 Å². The lowest BCUT2D eigenvalue weighted by atomic mass is 10.0. The molecule has 0 aromatic heterocycles. The molecule has 1 N–H and O–H groups in total. The minimum Gasteiger partial charge on any atom is -0.474 e. The first-order chi connectivity index (χ1) is 10.8. The smallest absolute Gasteiger partial charge is 0.207 e. The van der Waals surface area contributed by atoms with Crippen molar-refractivity contribution in [2.24, 2.45) is 0 Å². The fourth-order valence-corrected chi connectivity index (χ4v) is 2.88. The molecule has 1 rings (SSSR count). The summed E-state index contributed by atoms with van der Waals surface area (Å²) in [4.78, 5) is 15.1. The van der Waals surface area contributed by atoms with Gasteiger partial charge in [0.1, 0.15) is 5.60 Å². The zero-order valence-corrected chi connectivity index (χ0v) is 15.4. The van der Waals surface area contributed by atoms with E-state index in [9.17, 15) is 4.79 Å². The van der Waals surface area contributed by atoms with E-state index in [1.54, 1.807) is 0 Å². The Balaban J connectivity index is 2.55. The number of carbonyl (C=O) groups is 1. The first-order valence-electron chi connectivity index (χ1n) is 8.50. The molecule has 1 fully saturated rings. The molecule has 1 aliphatic rings. The van der Waals surface area contributed by atoms with Crippen LogP contribution in [0.5, 0.6) is 0 Å². The van der Waals surface area contributed by atoms with Crippen LogP contribution in [0.15, 0.2) is 24.2 Å². The quantitative estimate of drug-likeness (QED) is 0.551. The van der Waals surface area contributed by atoms with Gasteiger partial charge in [-0.05, 0) is 46.6 Å². The summed E-state index contributed by atoms with van der Waals surface area (Å²) in [7, 11) is 2.12. The average Bonchev–Trinajstić information content (AvgIpc) is 2.49. The Hall–Kier alpha value is -1.65. The largest absolute Gasteiger partial charge is 0.474 e. The van der Waals surface area contributed by atoms with Crippen molar-refractivity contribution < 1.29 is 9.53 Å². The van der Waals surface area contributed by atoms with Crippen LogP contribution in [-0.2, 0) is 9.53 Å².